The molecule has 338 valence electrons. The maximum absolute atomic E-state index is 13.2. The quantitative estimate of drug-likeness (QED) is 0.0530. The summed E-state index contributed by atoms with van der Waals surface area (Å²) in [5, 5.41) is 87.4. The molecular formula is C32H52F3N7O17. The minimum Gasteiger partial charge on any atom is -0.444 e. The van der Waals surface area contributed by atoms with Crippen LogP contribution in [0.3, 0.4) is 0 Å². The lowest BCUT2D eigenvalue weighted by molar-refractivity contribution is -0.334. The average Bonchev–Trinajstić information content (AvgIpc) is 3.10. The van der Waals surface area contributed by atoms with E-state index in [-0.39, 0.29) is 0 Å². The highest BCUT2D eigenvalue weighted by atomic mass is 19.4. The number of carbonyl (C=O) groups is 4. The Bertz CT molecular complexity index is 1510. The van der Waals surface area contributed by atoms with Crippen LogP contribution < -0.4 is 21.3 Å². The van der Waals surface area contributed by atoms with Crippen molar-refractivity contribution in [3.8, 4) is 0 Å². The van der Waals surface area contributed by atoms with Gasteiger partial charge < -0.3 is 85.4 Å². The molecule has 2 saturated heterocycles. The van der Waals surface area contributed by atoms with Gasteiger partial charge in [-0.15, -0.1) is 0 Å². The molecule has 24 nitrogen and oxygen atoms in total. The maximum atomic E-state index is 13.2. The molecule has 1 saturated carbocycles. The second-order valence-electron chi connectivity index (χ2n) is 15.8. The van der Waals surface area contributed by atoms with E-state index in [9.17, 15) is 68.1 Å². The van der Waals surface area contributed by atoms with Gasteiger partial charge in [0, 0.05) is 11.5 Å². The number of ether oxygens (including phenoxy) is 6. The van der Waals surface area contributed by atoms with Crippen LogP contribution in [0.2, 0.25) is 0 Å². The fourth-order valence-electron chi connectivity index (χ4n) is 6.25. The predicted molar refractivity (Wildman–Crippen MR) is 186 cm³/mol. The molecule has 15 atom stereocenters. The van der Waals surface area contributed by atoms with Gasteiger partial charge in [0.05, 0.1) is 24.7 Å². The largest absolute Gasteiger partial charge is 0.471 e. The fraction of sp³-hybridized carbons (Fsp3) is 0.875. The van der Waals surface area contributed by atoms with Crippen LogP contribution in [-0.2, 0) is 38.0 Å². The number of nitrogens with zero attached hydrogens (tertiary/aromatic N) is 3. The van der Waals surface area contributed by atoms with Crippen LogP contribution in [0.1, 0.15) is 48.0 Å². The number of aliphatic hydroxyl groups is 7. The zero-order valence-corrected chi connectivity index (χ0v) is 32.7. The van der Waals surface area contributed by atoms with Crippen molar-refractivity contribution >= 4 is 24.0 Å². The summed E-state index contributed by atoms with van der Waals surface area (Å²) in [4.78, 5) is 52.5. The standard InChI is InChI=1S/C32H52F3N7O17/c1-30(2,3)58-28(52)37-8-13-18(46)20(48)21(49)26(54-13)57-24-12(40-29(53)59-31(4,5)6)7-11(39-15(44)9-38-42-36)23(22(24)50)56-25-19(47)16(17(45)14(10-43)55-25)41-27(51)32(33,34)35/h11-14,16-26,43,45-50H,7-10H2,1-6H3,(H,37,52)(H,39,44)(H,40,53)(H,41,51)/t11-,12?,13?,14?,16+,17-,18+,19?,20?,21-,22?,23+,24+,25-,26+/m1/s1. The van der Waals surface area contributed by atoms with Crippen LogP contribution in [0.25, 0.3) is 10.4 Å². The molecule has 6 unspecified atom stereocenters. The number of rotatable bonds is 12. The van der Waals surface area contributed by atoms with Crippen LogP contribution in [0, 0.1) is 0 Å². The van der Waals surface area contributed by atoms with E-state index in [1.165, 1.54) is 26.1 Å². The molecule has 1 aliphatic carbocycles. The maximum Gasteiger partial charge on any atom is 0.471 e. The first-order chi connectivity index (χ1) is 27.2. The molecule has 2 aliphatic heterocycles. The van der Waals surface area contributed by atoms with Crippen molar-refractivity contribution in [1.29, 1.82) is 0 Å². The lowest BCUT2D eigenvalue weighted by atomic mass is 9.83. The third-order valence-corrected chi connectivity index (χ3v) is 8.84. The number of aliphatic hydroxyl groups excluding tert-OH is 7. The number of amides is 4. The van der Waals surface area contributed by atoms with E-state index in [1.807, 2.05) is 0 Å². The van der Waals surface area contributed by atoms with Crippen molar-refractivity contribution in [2.24, 2.45) is 5.11 Å². The second kappa shape index (κ2) is 20.1. The van der Waals surface area contributed by atoms with Crippen molar-refractivity contribution in [1.82, 2.24) is 21.3 Å². The van der Waals surface area contributed by atoms with Gasteiger partial charge in [-0.25, -0.2) is 9.59 Å². The smallest absolute Gasteiger partial charge is 0.444 e. The lowest BCUT2D eigenvalue weighted by Gasteiger charge is -2.49. The van der Waals surface area contributed by atoms with Crippen molar-refractivity contribution in [2.45, 2.75) is 157 Å². The molecule has 3 aliphatic rings. The van der Waals surface area contributed by atoms with Crippen LogP contribution in [-0.4, -0.2) is 189 Å². The average molecular weight is 864 g/mol. The molecule has 0 radical (unpaired) electrons. The Kier molecular flexibility index (Phi) is 16.9. The number of halogens is 3. The van der Waals surface area contributed by atoms with Crippen molar-refractivity contribution < 1.29 is 96.5 Å². The summed E-state index contributed by atoms with van der Waals surface area (Å²) < 4.78 is 72.9. The Morgan fingerprint density at radius 2 is 1.25 bits per heavy atom. The number of hydrogen-bond acceptors (Lipinski definition) is 18. The van der Waals surface area contributed by atoms with Gasteiger partial charge in [-0.3, -0.25) is 9.59 Å². The van der Waals surface area contributed by atoms with E-state index < -0.39 is 159 Å². The molecule has 27 heteroatoms. The van der Waals surface area contributed by atoms with Gasteiger partial charge in [0.1, 0.15) is 78.8 Å². The minimum atomic E-state index is -5.50. The first-order valence-corrected chi connectivity index (χ1v) is 18.1. The van der Waals surface area contributed by atoms with E-state index in [0.29, 0.717) is 0 Å². The van der Waals surface area contributed by atoms with Gasteiger partial charge in [0.25, 0.3) is 0 Å². The monoisotopic (exact) mass is 863 g/mol. The van der Waals surface area contributed by atoms with Gasteiger partial charge in [-0.05, 0) is 53.5 Å². The third-order valence-electron chi connectivity index (χ3n) is 8.84. The first kappa shape index (κ1) is 49.5. The summed E-state index contributed by atoms with van der Waals surface area (Å²) in [6, 6.07) is -5.22. The Morgan fingerprint density at radius 1 is 0.729 bits per heavy atom. The number of nitrogens with one attached hydrogen (secondary N) is 4. The van der Waals surface area contributed by atoms with E-state index in [4.69, 9.17) is 34.0 Å². The highest BCUT2D eigenvalue weighted by Gasteiger charge is 2.55. The van der Waals surface area contributed by atoms with E-state index >= 15 is 0 Å². The van der Waals surface area contributed by atoms with Gasteiger partial charge >= 0.3 is 24.3 Å². The van der Waals surface area contributed by atoms with Crippen LogP contribution in [0.5, 0.6) is 0 Å². The van der Waals surface area contributed by atoms with Crippen molar-refractivity contribution in [3.05, 3.63) is 10.4 Å². The molecule has 0 bridgehead atoms. The van der Waals surface area contributed by atoms with Crippen LogP contribution >= 0.6 is 0 Å². The molecule has 2 heterocycles. The Morgan fingerprint density at radius 3 is 1.78 bits per heavy atom. The molecule has 3 fully saturated rings. The van der Waals surface area contributed by atoms with Gasteiger partial charge in [-0.1, -0.05) is 5.11 Å². The SMILES string of the molecule is CC(C)(C)OC(=O)NCC1O[C@@H](O[C@H]2C(NC(=O)OC(C)(C)C)C[C@@H](NC(=O)CN=[N+]=[N-])[C@H](O[C@H]3OC(CO)[C@@H](O)[C@H](NC(=O)C(F)(F)F)C3O)C2O)[C@H](O)C(O)[C@H]1O. The lowest BCUT2D eigenvalue weighted by Crippen LogP contribution is -2.71. The normalized spacial score (nSPS) is 35.4. The molecule has 3 rings (SSSR count). The van der Waals surface area contributed by atoms with Crippen molar-refractivity contribution in [3.63, 3.8) is 0 Å². The first-order valence-electron chi connectivity index (χ1n) is 18.1. The van der Waals surface area contributed by atoms with E-state index in [1.54, 1.807) is 20.8 Å². The summed E-state index contributed by atoms with van der Waals surface area (Å²) in [5.74, 6) is -3.60. The summed E-state index contributed by atoms with van der Waals surface area (Å²) in [5.41, 5.74) is 6.70. The Labute approximate surface area is 334 Å². The number of hydrogen-bond donors (Lipinski definition) is 11. The van der Waals surface area contributed by atoms with Gasteiger partial charge in [-0.2, -0.15) is 13.2 Å². The minimum absolute atomic E-state index is 0.529. The number of alkyl halides is 3. The highest BCUT2D eigenvalue weighted by Crippen LogP contribution is 2.33. The topological polar surface area (TPSA) is 362 Å². The molecule has 0 aromatic carbocycles. The summed E-state index contributed by atoms with van der Waals surface area (Å²) in [7, 11) is 0. The molecule has 0 spiro atoms. The Balaban J connectivity index is 2.04. The summed E-state index contributed by atoms with van der Waals surface area (Å²) >= 11 is 0. The highest BCUT2D eigenvalue weighted by molar-refractivity contribution is 5.82. The zero-order chi connectivity index (χ0) is 44.8. The number of azide groups is 1. The van der Waals surface area contributed by atoms with E-state index in [0.717, 1.165) is 0 Å². The zero-order valence-electron chi connectivity index (χ0n) is 32.7. The number of alkyl carbamates (subject to hydrolysis) is 2. The molecule has 59 heavy (non-hydrogen) atoms. The molecular weight excluding hydrogens is 811 g/mol. The molecule has 11 N–H and O–H groups in total. The molecule has 0 aromatic rings. The van der Waals surface area contributed by atoms with E-state index in [2.05, 4.69) is 26.0 Å². The van der Waals surface area contributed by atoms with Crippen LogP contribution in [0.15, 0.2) is 5.11 Å². The van der Waals surface area contributed by atoms with Crippen molar-refractivity contribution in [2.75, 3.05) is 19.7 Å². The second-order valence-corrected chi connectivity index (χ2v) is 15.8. The molecule has 0 aromatic heterocycles. The molecule has 4 amide bonds. The fourth-order valence-corrected chi connectivity index (χ4v) is 6.25. The van der Waals surface area contributed by atoms with Crippen LogP contribution in [0.4, 0.5) is 22.8 Å². The third kappa shape index (κ3) is 13.8. The van der Waals surface area contributed by atoms with Gasteiger partial charge in [0.15, 0.2) is 12.6 Å². The Hall–Kier alpha value is -3.86. The van der Waals surface area contributed by atoms with Gasteiger partial charge in [0.2, 0.25) is 5.91 Å². The summed E-state index contributed by atoms with van der Waals surface area (Å²) in [6.45, 7) is 6.81. The number of carbonyl (C=O) groups excluding carboxylic acids is 4. The summed E-state index contributed by atoms with van der Waals surface area (Å²) in [6.07, 6.45) is -32.1. The predicted octanol–water partition coefficient (Wildman–Crippen LogP) is -2.97.